The molecular weight excluding hydrogens is 152 g/mol. The Hall–Kier alpha value is -0.790. The molecule has 1 aliphatic rings. The number of aliphatic carboxylic acids is 1. The van der Waals surface area contributed by atoms with Crippen LogP contribution < -0.4 is 0 Å². The molecule has 0 unspecified atom stereocenters. The highest BCUT2D eigenvalue weighted by Crippen LogP contribution is 2.53. The number of carboxylic acid groups (broad SMARTS) is 1. The minimum absolute atomic E-state index is 0.0995. The Morgan fingerprint density at radius 1 is 1.50 bits per heavy atom. The van der Waals surface area contributed by atoms with Gasteiger partial charge in [0.05, 0.1) is 5.92 Å². The van der Waals surface area contributed by atoms with Gasteiger partial charge in [-0.05, 0) is 24.7 Å². The van der Waals surface area contributed by atoms with Crippen molar-refractivity contribution >= 4 is 5.97 Å². The molecular formula is C10H16O2. The summed E-state index contributed by atoms with van der Waals surface area (Å²) in [5.41, 5.74) is 1.01. The second kappa shape index (κ2) is 2.61. The topological polar surface area (TPSA) is 37.3 Å². The Morgan fingerprint density at radius 2 is 2.00 bits per heavy atom. The molecule has 68 valence electrons. The average Bonchev–Trinajstić information content (AvgIpc) is 1.83. The summed E-state index contributed by atoms with van der Waals surface area (Å²) >= 11 is 0. The van der Waals surface area contributed by atoms with Crippen molar-refractivity contribution in [2.75, 3.05) is 0 Å². The van der Waals surface area contributed by atoms with Crippen molar-refractivity contribution in [2.45, 2.75) is 27.2 Å². The molecule has 1 saturated carbocycles. The van der Waals surface area contributed by atoms with Crippen molar-refractivity contribution in [3.05, 3.63) is 12.2 Å². The molecule has 0 radical (unpaired) electrons. The molecule has 0 aromatic rings. The Labute approximate surface area is 73.3 Å². The van der Waals surface area contributed by atoms with Gasteiger partial charge in [-0.2, -0.15) is 0 Å². The van der Waals surface area contributed by atoms with E-state index in [4.69, 9.17) is 5.11 Å². The molecule has 0 aliphatic heterocycles. The second-order valence-corrected chi connectivity index (χ2v) is 4.35. The molecule has 2 nitrogen and oxygen atoms in total. The fourth-order valence-corrected chi connectivity index (χ4v) is 2.18. The standard InChI is InChI=1S/C10H16O2/c1-6(2)7-5-8(9(11)12)10(7,3)4/h7-8H,1,5H2,2-4H3,(H,11,12)/t7-,8-/m0/s1. The van der Waals surface area contributed by atoms with Crippen molar-refractivity contribution in [2.24, 2.45) is 17.3 Å². The quantitative estimate of drug-likeness (QED) is 0.642. The van der Waals surface area contributed by atoms with Crippen LogP contribution in [0.1, 0.15) is 27.2 Å². The third kappa shape index (κ3) is 1.15. The summed E-state index contributed by atoms with van der Waals surface area (Å²) in [4.78, 5) is 10.7. The van der Waals surface area contributed by atoms with Crippen LogP contribution in [-0.4, -0.2) is 11.1 Å². The number of carboxylic acids is 1. The molecule has 0 saturated heterocycles. The van der Waals surface area contributed by atoms with Gasteiger partial charge in [0.25, 0.3) is 0 Å². The van der Waals surface area contributed by atoms with Crippen LogP contribution in [0.15, 0.2) is 12.2 Å². The van der Waals surface area contributed by atoms with E-state index in [1.807, 2.05) is 20.8 Å². The van der Waals surface area contributed by atoms with Crippen LogP contribution in [0.2, 0.25) is 0 Å². The van der Waals surface area contributed by atoms with Crippen molar-refractivity contribution < 1.29 is 9.90 Å². The van der Waals surface area contributed by atoms with E-state index in [0.29, 0.717) is 5.92 Å². The van der Waals surface area contributed by atoms with Gasteiger partial charge in [0, 0.05) is 0 Å². The Balaban J connectivity index is 2.72. The summed E-state index contributed by atoms with van der Waals surface area (Å²) in [5.74, 6) is -0.463. The molecule has 0 spiro atoms. The molecule has 1 aliphatic carbocycles. The summed E-state index contributed by atoms with van der Waals surface area (Å²) < 4.78 is 0. The molecule has 12 heavy (non-hydrogen) atoms. The van der Waals surface area contributed by atoms with Crippen LogP contribution in [0.4, 0.5) is 0 Å². The minimum atomic E-state index is -0.669. The zero-order valence-corrected chi connectivity index (χ0v) is 7.92. The molecule has 0 heterocycles. The van der Waals surface area contributed by atoms with Crippen molar-refractivity contribution in [1.82, 2.24) is 0 Å². The molecule has 1 fully saturated rings. The Morgan fingerprint density at radius 3 is 2.25 bits per heavy atom. The number of carbonyl (C=O) groups is 1. The normalized spacial score (nSPS) is 32.2. The lowest BCUT2D eigenvalue weighted by Gasteiger charge is -2.50. The van der Waals surface area contributed by atoms with E-state index in [9.17, 15) is 4.79 Å². The van der Waals surface area contributed by atoms with Crippen LogP contribution in [-0.2, 0) is 4.79 Å². The lowest BCUT2D eigenvalue weighted by molar-refractivity contribution is -0.156. The largest absolute Gasteiger partial charge is 0.481 e. The Kier molecular flexibility index (Phi) is 2.02. The molecule has 1 rings (SSSR count). The van der Waals surface area contributed by atoms with Gasteiger partial charge in [-0.1, -0.05) is 26.0 Å². The third-order valence-electron chi connectivity index (χ3n) is 3.16. The van der Waals surface area contributed by atoms with E-state index in [1.54, 1.807) is 0 Å². The van der Waals surface area contributed by atoms with Crippen molar-refractivity contribution in [3.63, 3.8) is 0 Å². The van der Waals surface area contributed by atoms with E-state index < -0.39 is 5.97 Å². The predicted octanol–water partition coefficient (Wildman–Crippen LogP) is 2.31. The van der Waals surface area contributed by atoms with Crippen LogP contribution in [0.5, 0.6) is 0 Å². The number of hydrogen-bond donors (Lipinski definition) is 1. The second-order valence-electron chi connectivity index (χ2n) is 4.35. The van der Waals surface area contributed by atoms with Gasteiger partial charge in [0.15, 0.2) is 0 Å². The van der Waals surface area contributed by atoms with Gasteiger partial charge in [-0.15, -0.1) is 0 Å². The van der Waals surface area contributed by atoms with Gasteiger partial charge in [-0.3, -0.25) is 4.79 Å². The highest BCUT2D eigenvalue weighted by Gasteiger charge is 2.51. The molecule has 2 atom stereocenters. The molecule has 0 bridgehead atoms. The lowest BCUT2D eigenvalue weighted by atomic mass is 9.53. The molecule has 0 aromatic heterocycles. The molecule has 2 heteroatoms. The van der Waals surface area contributed by atoms with Crippen LogP contribution in [0, 0.1) is 17.3 Å². The average molecular weight is 168 g/mol. The smallest absolute Gasteiger partial charge is 0.307 e. The van der Waals surface area contributed by atoms with Gasteiger partial charge in [0.1, 0.15) is 0 Å². The van der Waals surface area contributed by atoms with Crippen molar-refractivity contribution in [1.29, 1.82) is 0 Å². The molecule has 1 N–H and O–H groups in total. The molecule has 0 aromatic carbocycles. The van der Waals surface area contributed by atoms with E-state index in [2.05, 4.69) is 6.58 Å². The fourth-order valence-electron chi connectivity index (χ4n) is 2.18. The SMILES string of the molecule is C=C(C)[C@@H]1C[C@@H](C(=O)O)C1(C)C. The third-order valence-corrected chi connectivity index (χ3v) is 3.16. The summed E-state index contributed by atoms with van der Waals surface area (Å²) in [7, 11) is 0. The maximum absolute atomic E-state index is 10.7. The first-order valence-electron chi connectivity index (χ1n) is 4.25. The predicted molar refractivity (Wildman–Crippen MR) is 47.8 cm³/mol. The van der Waals surface area contributed by atoms with Crippen molar-refractivity contribution in [3.8, 4) is 0 Å². The zero-order chi connectivity index (χ0) is 9.52. The van der Waals surface area contributed by atoms with Gasteiger partial charge in [-0.25, -0.2) is 0 Å². The first-order chi connectivity index (χ1) is 5.37. The van der Waals surface area contributed by atoms with Crippen LogP contribution in [0.3, 0.4) is 0 Å². The number of hydrogen-bond acceptors (Lipinski definition) is 1. The van der Waals surface area contributed by atoms with Crippen LogP contribution in [0.25, 0.3) is 0 Å². The summed E-state index contributed by atoms with van der Waals surface area (Å²) in [6.07, 6.45) is 0.762. The first kappa shape index (κ1) is 9.30. The fraction of sp³-hybridized carbons (Fsp3) is 0.700. The van der Waals surface area contributed by atoms with Crippen LogP contribution >= 0.6 is 0 Å². The van der Waals surface area contributed by atoms with E-state index in [-0.39, 0.29) is 11.3 Å². The molecule has 0 amide bonds. The monoisotopic (exact) mass is 168 g/mol. The summed E-state index contributed by atoms with van der Waals surface area (Å²) in [6, 6.07) is 0. The van der Waals surface area contributed by atoms with Gasteiger partial charge in [0.2, 0.25) is 0 Å². The number of allylic oxidation sites excluding steroid dienone is 1. The minimum Gasteiger partial charge on any atom is -0.481 e. The van der Waals surface area contributed by atoms with E-state index in [1.165, 1.54) is 0 Å². The number of rotatable bonds is 2. The zero-order valence-electron chi connectivity index (χ0n) is 7.92. The maximum Gasteiger partial charge on any atom is 0.307 e. The van der Waals surface area contributed by atoms with Gasteiger partial charge >= 0.3 is 5.97 Å². The van der Waals surface area contributed by atoms with Gasteiger partial charge < -0.3 is 5.11 Å². The lowest BCUT2D eigenvalue weighted by Crippen LogP contribution is -2.49. The summed E-state index contributed by atoms with van der Waals surface area (Å²) in [5, 5.41) is 8.84. The maximum atomic E-state index is 10.7. The van der Waals surface area contributed by atoms with E-state index in [0.717, 1.165) is 12.0 Å². The summed E-state index contributed by atoms with van der Waals surface area (Å²) in [6.45, 7) is 9.87. The highest BCUT2D eigenvalue weighted by atomic mass is 16.4. The van der Waals surface area contributed by atoms with E-state index >= 15 is 0 Å². The first-order valence-corrected chi connectivity index (χ1v) is 4.25. The highest BCUT2D eigenvalue weighted by molar-refractivity contribution is 5.72. The Bertz CT molecular complexity index is 206.